The third-order valence-corrected chi connectivity index (χ3v) is 5.72. The van der Waals surface area contributed by atoms with Crippen molar-refractivity contribution in [2.24, 2.45) is 14.1 Å². The summed E-state index contributed by atoms with van der Waals surface area (Å²) in [6.45, 7) is 3.85. The molecule has 0 aliphatic carbocycles. The van der Waals surface area contributed by atoms with Crippen LogP contribution in [0.25, 0.3) is 22.4 Å². The van der Waals surface area contributed by atoms with E-state index in [1.165, 1.54) is 45.8 Å². The number of hydrogen-bond acceptors (Lipinski definition) is 7. The van der Waals surface area contributed by atoms with Crippen molar-refractivity contribution in [1.29, 1.82) is 0 Å². The van der Waals surface area contributed by atoms with E-state index in [-0.39, 0.29) is 17.7 Å². The number of aryl methyl sites for hydroxylation is 3. The lowest BCUT2D eigenvalue weighted by atomic mass is 10.1. The van der Waals surface area contributed by atoms with Crippen molar-refractivity contribution in [2.75, 3.05) is 5.32 Å². The maximum Gasteiger partial charge on any atom is 0.332 e. The Kier molecular flexibility index (Phi) is 4.82. The molecule has 0 spiro atoms. The van der Waals surface area contributed by atoms with Crippen LogP contribution in [-0.4, -0.2) is 35.0 Å². The lowest BCUT2D eigenvalue weighted by Gasteiger charge is -2.05. The second-order valence-electron chi connectivity index (χ2n) is 7.01. The average Bonchev–Trinajstić information content (AvgIpc) is 3.34. The number of thiazole rings is 1. The van der Waals surface area contributed by atoms with E-state index in [1.54, 1.807) is 0 Å². The SMILES string of the molecule is Cc1ccc(-c2csc(NC(=O)Cn3nnc4c3c(=O)n(C)c(=O)n4C)n2)cc1C. The lowest BCUT2D eigenvalue weighted by molar-refractivity contribution is -0.116. The second-order valence-corrected chi connectivity index (χ2v) is 7.87. The van der Waals surface area contributed by atoms with Crippen molar-refractivity contribution in [1.82, 2.24) is 29.1 Å². The van der Waals surface area contributed by atoms with Crippen molar-refractivity contribution >= 4 is 33.5 Å². The van der Waals surface area contributed by atoms with E-state index in [9.17, 15) is 14.4 Å². The van der Waals surface area contributed by atoms with Gasteiger partial charge in [-0.15, -0.1) is 16.4 Å². The average molecular weight is 425 g/mol. The van der Waals surface area contributed by atoms with Crippen molar-refractivity contribution in [3.63, 3.8) is 0 Å². The highest BCUT2D eigenvalue weighted by Crippen LogP contribution is 2.26. The van der Waals surface area contributed by atoms with Gasteiger partial charge in [0.15, 0.2) is 16.3 Å². The molecule has 0 aliphatic rings. The Hall–Kier alpha value is -3.60. The molecule has 0 saturated carbocycles. The first-order valence-corrected chi connectivity index (χ1v) is 9.96. The summed E-state index contributed by atoms with van der Waals surface area (Å²) in [7, 11) is 2.86. The molecule has 3 heterocycles. The highest BCUT2D eigenvalue weighted by Gasteiger charge is 2.18. The number of rotatable bonds is 4. The van der Waals surface area contributed by atoms with Crippen LogP contribution >= 0.6 is 11.3 Å². The molecule has 0 unspecified atom stereocenters. The summed E-state index contributed by atoms with van der Waals surface area (Å²) in [5, 5.41) is 12.8. The maximum atomic E-state index is 12.5. The highest BCUT2D eigenvalue weighted by molar-refractivity contribution is 7.14. The van der Waals surface area contributed by atoms with Gasteiger partial charge in [0, 0.05) is 25.0 Å². The molecule has 1 amide bonds. The van der Waals surface area contributed by atoms with Crippen LogP contribution < -0.4 is 16.6 Å². The molecule has 0 radical (unpaired) electrons. The van der Waals surface area contributed by atoms with Gasteiger partial charge in [-0.25, -0.2) is 14.5 Å². The molecule has 0 fully saturated rings. The van der Waals surface area contributed by atoms with Gasteiger partial charge in [-0.1, -0.05) is 17.3 Å². The van der Waals surface area contributed by atoms with Crippen molar-refractivity contribution in [3.05, 3.63) is 55.5 Å². The van der Waals surface area contributed by atoms with Gasteiger partial charge >= 0.3 is 5.69 Å². The highest BCUT2D eigenvalue weighted by atomic mass is 32.1. The predicted octanol–water partition coefficient (Wildman–Crippen LogP) is 1.21. The molecule has 154 valence electrons. The molecule has 3 aromatic heterocycles. The standard InChI is InChI=1S/C19H19N7O3S/c1-10-5-6-12(7-11(10)2)13-9-30-18(20-13)21-14(27)8-26-15-16(22-23-26)24(3)19(29)25(4)17(15)28/h5-7,9H,8H2,1-4H3,(H,20,21,27). The molecule has 0 aliphatic heterocycles. The van der Waals surface area contributed by atoms with E-state index in [4.69, 9.17) is 0 Å². The summed E-state index contributed by atoms with van der Waals surface area (Å²) in [6.07, 6.45) is 0. The summed E-state index contributed by atoms with van der Waals surface area (Å²) < 4.78 is 3.36. The largest absolute Gasteiger partial charge is 0.332 e. The molecule has 0 saturated heterocycles. The molecule has 1 aromatic carbocycles. The smallest absolute Gasteiger partial charge is 0.300 e. The second kappa shape index (κ2) is 7.34. The molecule has 4 rings (SSSR count). The summed E-state index contributed by atoms with van der Waals surface area (Å²) >= 11 is 1.31. The molecule has 4 aromatic rings. The number of fused-ring (bicyclic) bond motifs is 1. The fourth-order valence-corrected chi connectivity index (χ4v) is 3.80. The van der Waals surface area contributed by atoms with Gasteiger partial charge < -0.3 is 5.32 Å². The normalized spacial score (nSPS) is 11.2. The van der Waals surface area contributed by atoms with Gasteiger partial charge in [0.05, 0.1) is 5.69 Å². The van der Waals surface area contributed by atoms with Crippen LogP contribution in [0, 0.1) is 13.8 Å². The number of nitrogens with one attached hydrogen (secondary N) is 1. The van der Waals surface area contributed by atoms with E-state index >= 15 is 0 Å². The molecule has 30 heavy (non-hydrogen) atoms. The lowest BCUT2D eigenvalue weighted by Crippen LogP contribution is -2.38. The van der Waals surface area contributed by atoms with Crippen LogP contribution in [0.5, 0.6) is 0 Å². The number of aromatic nitrogens is 6. The maximum absolute atomic E-state index is 12.5. The van der Waals surface area contributed by atoms with Gasteiger partial charge in [-0.05, 0) is 31.0 Å². The van der Waals surface area contributed by atoms with Crippen LogP contribution in [0.4, 0.5) is 5.13 Å². The molecule has 0 bridgehead atoms. The van der Waals surface area contributed by atoms with Crippen molar-refractivity contribution in [2.45, 2.75) is 20.4 Å². The van der Waals surface area contributed by atoms with Gasteiger partial charge in [0.2, 0.25) is 5.91 Å². The van der Waals surface area contributed by atoms with Crippen LogP contribution in [0.3, 0.4) is 0 Å². The fraction of sp³-hybridized carbons (Fsp3) is 0.263. The minimum absolute atomic E-state index is 0.0877. The van der Waals surface area contributed by atoms with E-state index in [1.807, 2.05) is 31.4 Å². The van der Waals surface area contributed by atoms with Crippen molar-refractivity contribution < 1.29 is 4.79 Å². The number of carbonyl (C=O) groups excluding carboxylic acids is 1. The number of anilines is 1. The van der Waals surface area contributed by atoms with Crippen LogP contribution in [-0.2, 0) is 25.4 Å². The van der Waals surface area contributed by atoms with Gasteiger partial charge in [-0.2, -0.15) is 0 Å². The Morgan fingerprint density at radius 3 is 2.63 bits per heavy atom. The zero-order valence-electron chi connectivity index (χ0n) is 16.8. The Bertz CT molecular complexity index is 1410. The third-order valence-electron chi connectivity index (χ3n) is 4.96. The molecular formula is C19H19N7O3S. The molecule has 10 nitrogen and oxygen atoms in total. The van der Waals surface area contributed by atoms with Crippen LogP contribution in [0.15, 0.2) is 33.2 Å². The summed E-state index contributed by atoms with van der Waals surface area (Å²) in [5.41, 5.74) is 3.26. The van der Waals surface area contributed by atoms with Crippen LogP contribution in [0.1, 0.15) is 11.1 Å². The first kappa shape index (κ1) is 19.7. The monoisotopic (exact) mass is 425 g/mol. The minimum atomic E-state index is -0.558. The zero-order chi connectivity index (χ0) is 21.6. The summed E-state index contributed by atoms with van der Waals surface area (Å²) in [6, 6.07) is 6.08. The van der Waals surface area contributed by atoms with E-state index < -0.39 is 17.2 Å². The Morgan fingerprint density at radius 2 is 1.90 bits per heavy atom. The van der Waals surface area contributed by atoms with Gasteiger partial charge in [0.25, 0.3) is 5.56 Å². The topological polar surface area (TPSA) is 117 Å². The third kappa shape index (κ3) is 3.32. The van der Waals surface area contributed by atoms with Crippen molar-refractivity contribution in [3.8, 4) is 11.3 Å². The van der Waals surface area contributed by atoms with Gasteiger partial charge in [0.1, 0.15) is 6.54 Å². The minimum Gasteiger partial charge on any atom is -0.300 e. The first-order valence-electron chi connectivity index (χ1n) is 9.08. The zero-order valence-corrected chi connectivity index (χ0v) is 17.6. The summed E-state index contributed by atoms with van der Waals surface area (Å²) in [4.78, 5) is 41.4. The van der Waals surface area contributed by atoms with E-state index in [0.717, 1.165) is 15.8 Å². The number of amides is 1. The summed E-state index contributed by atoms with van der Waals surface area (Å²) in [5.74, 6) is -0.404. The number of benzene rings is 1. The number of hydrogen-bond donors (Lipinski definition) is 1. The number of carbonyl (C=O) groups is 1. The molecule has 11 heteroatoms. The number of nitrogens with zero attached hydrogens (tertiary/aromatic N) is 6. The first-order chi connectivity index (χ1) is 14.3. The Labute approximate surface area is 174 Å². The Morgan fingerprint density at radius 1 is 1.13 bits per heavy atom. The Balaban J connectivity index is 1.56. The fourth-order valence-electron chi connectivity index (χ4n) is 3.07. The molecule has 1 N–H and O–H groups in total. The predicted molar refractivity (Wildman–Crippen MR) is 114 cm³/mol. The quantitative estimate of drug-likeness (QED) is 0.525. The van der Waals surface area contributed by atoms with E-state index in [0.29, 0.717) is 5.13 Å². The molecular weight excluding hydrogens is 406 g/mol. The van der Waals surface area contributed by atoms with Crippen LogP contribution in [0.2, 0.25) is 0 Å². The molecule has 0 atom stereocenters. The van der Waals surface area contributed by atoms with E-state index in [2.05, 4.69) is 26.7 Å². The van der Waals surface area contributed by atoms with Gasteiger partial charge in [-0.3, -0.25) is 18.7 Å².